The molecule has 0 aliphatic carbocycles. The normalized spacial score (nSPS) is 18.3. The summed E-state index contributed by atoms with van der Waals surface area (Å²) in [6.45, 7) is 1.87. The number of nitrogens with two attached hydrogens (primary N) is 1. The molecule has 4 heteroatoms. The minimum absolute atomic E-state index is 0.178. The highest BCUT2D eigenvalue weighted by Gasteiger charge is 2.40. The van der Waals surface area contributed by atoms with E-state index in [1.165, 1.54) is 4.90 Å². The Morgan fingerprint density at radius 1 is 1.10 bits per heavy atom. The number of nitrogen functional groups attached to an aromatic ring is 1. The second kappa shape index (κ2) is 5.05. The topological polar surface area (TPSA) is 63.4 Å². The Labute approximate surface area is 123 Å². The van der Waals surface area contributed by atoms with Crippen molar-refractivity contribution in [2.24, 2.45) is 0 Å². The molecule has 106 valence electrons. The summed E-state index contributed by atoms with van der Waals surface area (Å²) in [5, 5.41) is 0. The van der Waals surface area contributed by atoms with Crippen molar-refractivity contribution in [1.29, 1.82) is 0 Å². The molecule has 0 spiro atoms. The fourth-order valence-electron chi connectivity index (χ4n) is 2.70. The van der Waals surface area contributed by atoms with Gasteiger partial charge in [-0.3, -0.25) is 9.59 Å². The van der Waals surface area contributed by atoms with Crippen LogP contribution in [0.25, 0.3) is 0 Å². The molecule has 0 aromatic heterocycles. The van der Waals surface area contributed by atoms with Gasteiger partial charge >= 0.3 is 0 Å². The van der Waals surface area contributed by atoms with Crippen LogP contribution < -0.4 is 10.6 Å². The maximum absolute atomic E-state index is 12.6. The lowest BCUT2D eigenvalue weighted by atomic mass is 9.98. The third-order valence-electron chi connectivity index (χ3n) is 3.82. The molecule has 0 radical (unpaired) electrons. The van der Waals surface area contributed by atoms with Crippen LogP contribution in [0.4, 0.5) is 11.4 Å². The van der Waals surface area contributed by atoms with E-state index in [4.69, 9.17) is 5.73 Å². The number of amides is 2. The summed E-state index contributed by atoms with van der Waals surface area (Å²) in [7, 11) is 0. The lowest BCUT2D eigenvalue weighted by molar-refractivity contribution is -0.121. The summed E-state index contributed by atoms with van der Waals surface area (Å²) in [5.74, 6) is -0.762. The number of carbonyl (C=O) groups excluding carboxylic acids is 2. The molecule has 3 rings (SSSR count). The third-order valence-corrected chi connectivity index (χ3v) is 3.82. The van der Waals surface area contributed by atoms with Gasteiger partial charge in [-0.1, -0.05) is 36.4 Å². The summed E-state index contributed by atoms with van der Waals surface area (Å²) >= 11 is 0. The molecule has 1 unspecified atom stereocenters. The molecule has 21 heavy (non-hydrogen) atoms. The summed E-state index contributed by atoms with van der Waals surface area (Å²) in [6.07, 6.45) is 0.205. The Morgan fingerprint density at radius 2 is 1.81 bits per heavy atom. The number of hydrogen-bond donors (Lipinski definition) is 1. The van der Waals surface area contributed by atoms with Gasteiger partial charge in [0.15, 0.2) is 0 Å². The molecule has 1 saturated heterocycles. The number of benzene rings is 2. The van der Waals surface area contributed by atoms with Crippen LogP contribution in [0.5, 0.6) is 0 Å². The first-order valence-corrected chi connectivity index (χ1v) is 6.86. The first-order valence-electron chi connectivity index (χ1n) is 6.86. The molecule has 0 bridgehead atoms. The van der Waals surface area contributed by atoms with E-state index in [9.17, 15) is 9.59 Å². The average molecular weight is 280 g/mol. The average Bonchev–Trinajstić information content (AvgIpc) is 2.78. The zero-order valence-corrected chi connectivity index (χ0v) is 11.7. The fraction of sp³-hybridized carbons (Fsp3) is 0.176. The van der Waals surface area contributed by atoms with Gasteiger partial charge in [-0.2, -0.15) is 0 Å². The lowest BCUT2D eigenvalue weighted by Crippen LogP contribution is -2.30. The molecule has 2 aromatic carbocycles. The minimum atomic E-state index is -0.403. The summed E-state index contributed by atoms with van der Waals surface area (Å²) < 4.78 is 0. The fourth-order valence-corrected chi connectivity index (χ4v) is 2.70. The Morgan fingerprint density at radius 3 is 2.52 bits per heavy atom. The van der Waals surface area contributed by atoms with Crippen molar-refractivity contribution < 1.29 is 9.59 Å². The van der Waals surface area contributed by atoms with Gasteiger partial charge < -0.3 is 5.73 Å². The standard InChI is InChI=1S/C17H16N2O2/c1-11-7-8-13(18)9-15(11)19-16(20)10-14(17(19)21)12-5-3-2-4-6-12/h2-9,14H,10,18H2,1H3. The number of imide groups is 1. The molecule has 2 amide bonds. The smallest absolute Gasteiger partial charge is 0.241 e. The largest absolute Gasteiger partial charge is 0.399 e. The number of aryl methyl sites for hydroxylation is 1. The number of nitrogens with zero attached hydrogens (tertiary/aromatic N) is 1. The summed E-state index contributed by atoms with van der Waals surface area (Å²) in [4.78, 5) is 26.2. The predicted octanol–water partition coefficient (Wildman–Crippen LogP) is 2.62. The first-order chi connectivity index (χ1) is 10.1. The van der Waals surface area contributed by atoms with Crippen LogP contribution in [0.3, 0.4) is 0 Å². The highest BCUT2D eigenvalue weighted by molar-refractivity contribution is 6.23. The van der Waals surface area contributed by atoms with Gasteiger partial charge in [-0.05, 0) is 30.2 Å². The molecular formula is C17H16N2O2. The molecule has 1 fully saturated rings. The SMILES string of the molecule is Cc1ccc(N)cc1N1C(=O)CC(c2ccccc2)C1=O. The van der Waals surface area contributed by atoms with Crippen LogP contribution in [0.2, 0.25) is 0 Å². The number of rotatable bonds is 2. The quantitative estimate of drug-likeness (QED) is 0.679. The van der Waals surface area contributed by atoms with E-state index in [2.05, 4.69) is 0 Å². The van der Waals surface area contributed by atoms with Crippen molar-refractivity contribution >= 4 is 23.2 Å². The molecule has 1 aliphatic heterocycles. The van der Waals surface area contributed by atoms with Gasteiger partial charge in [0.1, 0.15) is 0 Å². The highest BCUT2D eigenvalue weighted by Crippen LogP contribution is 2.35. The first kappa shape index (κ1) is 13.4. The Bertz CT molecular complexity index is 710. The molecule has 1 aliphatic rings. The van der Waals surface area contributed by atoms with Crippen molar-refractivity contribution in [2.75, 3.05) is 10.6 Å². The summed E-state index contributed by atoms with van der Waals surface area (Å²) in [6, 6.07) is 14.7. The summed E-state index contributed by atoms with van der Waals surface area (Å²) in [5.41, 5.74) is 8.65. The lowest BCUT2D eigenvalue weighted by Gasteiger charge is -2.18. The van der Waals surface area contributed by atoms with Gasteiger partial charge in [0.25, 0.3) is 0 Å². The van der Waals surface area contributed by atoms with E-state index in [-0.39, 0.29) is 18.2 Å². The molecule has 4 nitrogen and oxygen atoms in total. The second-order valence-electron chi connectivity index (χ2n) is 5.28. The number of hydrogen-bond acceptors (Lipinski definition) is 3. The van der Waals surface area contributed by atoms with Crippen LogP contribution in [0, 0.1) is 6.92 Å². The van der Waals surface area contributed by atoms with Crippen LogP contribution in [0.1, 0.15) is 23.5 Å². The molecule has 1 heterocycles. The van der Waals surface area contributed by atoms with Crippen molar-refractivity contribution in [1.82, 2.24) is 0 Å². The molecule has 0 saturated carbocycles. The Hall–Kier alpha value is -2.62. The Balaban J connectivity index is 2.00. The molecular weight excluding hydrogens is 264 g/mol. The van der Waals surface area contributed by atoms with Gasteiger partial charge in [0, 0.05) is 12.1 Å². The molecule has 2 N–H and O–H groups in total. The maximum Gasteiger partial charge on any atom is 0.241 e. The Kier molecular flexibility index (Phi) is 3.22. The minimum Gasteiger partial charge on any atom is -0.399 e. The van der Waals surface area contributed by atoms with Gasteiger partial charge in [-0.25, -0.2) is 4.90 Å². The monoisotopic (exact) mass is 280 g/mol. The second-order valence-corrected chi connectivity index (χ2v) is 5.28. The van der Waals surface area contributed by atoms with E-state index in [1.807, 2.05) is 43.3 Å². The third kappa shape index (κ3) is 2.29. The van der Waals surface area contributed by atoms with Crippen LogP contribution in [-0.4, -0.2) is 11.8 Å². The van der Waals surface area contributed by atoms with E-state index >= 15 is 0 Å². The van der Waals surface area contributed by atoms with Gasteiger partial charge in [0.2, 0.25) is 11.8 Å². The maximum atomic E-state index is 12.6. The van der Waals surface area contributed by atoms with E-state index in [1.54, 1.807) is 12.1 Å². The van der Waals surface area contributed by atoms with E-state index in [0.717, 1.165) is 11.1 Å². The van der Waals surface area contributed by atoms with Crippen LogP contribution in [-0.2, 0) is 9.59 Å². The molecule has 1 atom stereocenters. The highest BCUT2D eigenvalue weighted by atomic mass is 16.2. The van der Waals surface area contributed by atoms with Crippen LogP contribution in [0.15, 0.2) is 48.5 Å². The van der Waals surface area contributed by atoms with Crippen molar-refractivity contribution in [3.8, 4) is 0 Å². The van der Waals surface area contributed by atoms with Crippen molar-refractivity contribution in [3.63, 3.8) is 0 Å². The van der Waals surface area contributed by atoms with Crippen molar-refractivity contribution in [2.45, 2.75) is 19.3 Å². The zero-order valence-electron chi connectivity index (χ0n) is 11.7. The van der Waals surface area contributed by atoms with Gasteiger partial charge in [-0.15, -0.1) is 0 Å². The molecule has 2 aromatic rings. The van der Waals surface area contributed by atoms with Crippen molar-refractivity contribution in [3.05, 3.63) is 59.7 Å². The number of carbonyl (C=O) groups is 2. The van der Waals surface area contributed by atoms with E-state index in [0.29, 0.717) is 11.4 Å². The van der Waals surface area contributed by atoms with Crippen LogP contribution >= 0.6 is 0 Å². The van der Waals surface area contributed by atoms with Gasteiger partial charge in [0.05, 0.1) is 11.6 Å². The van der Waals surface area contributed by atoms with E-state index < -0.39 is 5.92 Å². The predicted molar refractivity (Wildman–Crippen MR) is 81.9 cm³/mol. The number of anilines is 2. The zero-order chi connectivity index (χ0) is 15.0.